The molecule has 1 heterocycles. The molecule has 2 aromatic rings. The fourth-order valence-corrected chi connectivity index (χ4v) is 2.05. The smallest absolute Gasteiger partial charge is 0.433 e. The molecule has 0 fully saturated rings. The Hall–Kier alpha value is -3.03. The minimum atomic E-state index is -4.58. The van der Waals surface area contributed by atoms with Gasteiger partial charge in [-0.3, -0.25) is 0 Å². The van der Waals surface area contributed by atoms with E-state index >= 15 is 0 Å². The molecular weight excluding hydrogens is 339 g/mol. The van der Waals surface area contributed by atoms with Gasteiger partial charge in [-0.1, -0.05) is 30.3 Å². The molecule has 0 saturated heterocycles. The van der Waals surface area contributed by atoms with E-state index in [1.54, 1.807) is 18.2 Å². The maximum absolute atomic E-state index is 12.7. The molecule has 1 aromatic heterocycles. The van der Waals surface area contributed by atoms with Gasteiger partial charge in [0.25, 0.3) is 0 Å². The van der Waals surface area contributed by atoms with Crippen LogP contribution in [0.3, 0.4) is 0 Å². The Kier molecular flexibility index (Phi) is 5.63. The van der Waals surface area contributed by atoms with Crippen molar-refractivity contribution in [2.24, 2.45) is 0 Å². The largest absolute Gasteiger partial charge is 0.545 e. The molecule has 0 N–H and O–H groups in total. The normalized spacial score (nSPS) is 11.9. The van der Waals surface area contributed by atoms with Crippen molar-refractivity contribution in [3.05, 3.63) is 65.5 Å². The number of carbonyl (C=O) groups excluding carboxylic acids is 1. The maximum Gasteiger partial charge on any atom is 0.433 e. The van der Waals surface area contributed by atoms with E-state index in [9.17, 15) is 23.1 Å². The topological polar surface area (TPSA) is 71.5 Å². The van der Waals surface area contributed by atoms with Crippen molar-refractivity contribution in [1.82, 2.24) is 4.98 Å². The lowest BCUT2D eigenvalue weighted by Gasteiger charge is -2.14. The van der Waals surface area contributed by atoms with Crippen molar-refractivity contribution in [2.45, 2.75) is 12.8 Å². The molecule has 5 nitrogen and oxygen atoms in total. The second-order valence-electron chi connectivity index (χ2n) is 4.86. The van der Waals surface area contributed by atoms with Crippen LogP contribution in [0.5, 0.6) is 5.88 Å². The minimum absolute atomic E-state index is 0.182. The van der Waals surface area contributed by atoms with Gasteiger partial charge in [-0.25, -0.2) is 4.98 Å². The Morgan fingerprint density at radius 2 is 1.92 bits per heavy atom. The Labute approximate surface area is 141 Å². The van der Waals surface area contributed by atoms with Gasteiger partial charge in [-0.2, -0.15) is 13.2 Å². The average Bonchev–Trinajstić information content (AvgIpc) is 2.57. The number of aliphatic carboxylic acids is 1. The molecule has 0 aliphatic rings. The van der Waals surface area contributed by atoms with E-state index < -0.39 is 17.8 Å². The number of carbonyl (C=O) groups is 1. The second-order valence-corrected chi connectivity index (χ2v) is 4.86. The predicted octanol–water partition coefficient (Wildman–Crippen LogP) is 2.42. The van der Waals surface area contributed by atoms with E-state index in [4.69, 9.17) is 9.47 Å². The molecule has 2 rings (SSSR count). The van der Waals surface area contributed by atoms with Crippen molar-refractivity contribution in [3.63, 3.8) is 0 Å². The van der Waals surface area contributed by atoms with Crippen molar-refractivity contribution >= 4 is 11.5 Å². The lowest BCUT2D eigenvalue weighted by atomic mass is 10.0. The summed E-state index contributed by atoms with van der Waals surface area (Å²) >= 11 is 0. The van der Waals surface area contributed by atoms with Crippen LogP contribution in [0, 0.1) is 0 Å². The van der Waals surface area contributed by atoms with Crippen LogP contribution in [0.2, 0.25) is 0 Å². The molecule has 0 spiro atoms. The van der Waals surface area contributed by atoms with Crippen molar-refractivity contribution in [1.29, 1.82) is 0 Å². The van der Waals surface area contributed by atoms with Gasteiger partial charge in [0.1, 0.15) is 12.3 Å². The number of hydrogen-bond acceptors (Lipinski definition) is 5. The van der Waals surface area contributed by atoms with Gasteiger partial charge in [-0.15, -0.1) is 0 Å². The van der Waals surface area contributed by atoms with Crippen LogP contribution in [-0.4, -0.2) is 18.1 Å². The zero-order chi connectivity index (χ0) is 18.4. The summed E-state index contributed by atoms with van der Waals surface area (Å²) in [5.41, 5.74) is -0.586. The summed E-state index contributed by atoms with van der Waals surface area (Å²) in [5, 5.41) is 11.2. The highest BCUT2D eigenvalue weighted by molar-refractivity contribution is 6.14. The number of carboxylic acids is 1. The number of aromatic nitrogens is 1. The molecule has 0 saturated carbocycles. The molecule has 132 valence electrons. The highest BCUT2D eigenvalue weighted by Gasteiger charge is 2.32. The summed E-state index contributed by atoms with van der Waals surface area (Å²) in [6.07, 6.45) is -3.57. The van der Waals surface area contributed by atoms with E-state index in [1.165, 1.54) is 25.3 Å². The fourth-order valence-electron chi connectivity index (χ4n) is 2.05. The minimum Gasteiger partial charge on any atom is -0.545 e. The van der Waals surface area contributed by atoms with Crippen LogP contribution in [-0.2, 0) is 22.3 Å². The standard InChI is InChI=1S/C17H14F3NO4/c1-24-10-13(16(22)23)12-6-3-2-5-11(12)9-25-15-8-4-7-14(21-15)17(18,19)20/h2-8,10H,9H2,1H3,(H,22,23)/p-1. The fraction of sp³-hybridized carbons (Fsp3) is 0.176. The molecule has 0 radical (unpaired) electrons. The lowest BCUT2D eigenvalue weighted by molar-refractivity contribution is -0.295. The monoisotopic (exact) mass is 352 g/mol. The lowest BCUT2D eigenvalue weighted by Crippen LogP contribution is -2.24. The quantitative estimate of drug-likeness (QED) is 0.590. The second kappa shape index (κ2) is 7.69. The summed E-state index contributed by atoms with van der Waals surface area (Å²) < 4.78 is 48.0. The SMILES string of the molecule is COC=C(C(=O)[O-])c1ccccc1COc1cccc(C(F)(F)F)n1. The number of hydrogen-bond donors (Lipinski definition) is 0. The zero-order valence-corrected chi connectivity index (χ0v) is 13.0. The third kappa shape index (κ3) is 4.72. The first-order chi connectivity index (χ1) is 11.8. The number of ether oxygens (including phenoxy) is 2. The zero-order valence-electron chi connectivity index (χ0n) is 13.0. The molecule has 0 aliphatic heterocycles. The van der Waals surface area contributed by atoms with Crippen LogP contribution in [0.1, 0.15) is 16.8 Å². The summed E-state index contributed by atoms with van der Waals surface area (Å²) in [6, 6.07) is 9.62. The van der Waals surface area contributed by atoms with Gasteiger partial charge in [0.05, 0.1) is 19.3 Å². The van der Waals surface area contributed by atoms with E-state index in [0.29, 0.717) is 5.56 Å². The number of alkyl halides is 3. The van der Waals surface area contributed by atoms with E-state index in [1.807, 2.05) is 0 Å². The Morgan fingerprint density at radius 3 is 2.56 bits per heavy atom. The van der Waals surface area contributed by atoms with Crippen LogP contribution < -0.4 is 9.84 Å². The van der Waals surface area contributed by atoms with Gasteiger partial charge >= 0.3 is 6.18 Å². The number of carboxylic acid groups (broad SMARTS) is 1. The summed E-state index contributed by atoms with van der Waals surface area (Å²) in [4.78, 5) is 14.6. The van der Waals surface area contributed by atoms with Crippen LogP contribution in [0.15, 0.2) is 48.7 Å². The van der Waals surface area contributed by atoms with E-state index in [0.717, 1.165) is 12.3 Å². The third-order valence-corrected chi connectivity index (χ3v) is 3.15. The summed E-state index contributed by atoms with van der Waals surface area (Å²) in [7, 11) is 1.29. The van der Waals surface area contributed by atoms with Crippen LogP contribution >= 0.6 is 0 Å². The summed E-state index contributed by atoms with van der Waals surface area (Å²) in [6.45, 7) is -0.182. The number of benzene rings is 1. The molecule has 8 heteroatoms. The highest BCUT2D eigenvalue weighted by Crippen LogP contribution is 2.29. The third-order valence-electron chi connectivity index (χ3n) is 3.15. The molecular formula is C17H13F3NO4-. The molecule has 0 amide bonds. The van der Waals surface area contributed by atoms with Crippen molar-refractivity contribution in [2.75, 3.05) is 7.11 Å². The summed E-state index contributed by atoms with van der Waals surface area (Å²) in [5.74, 6) is -1.68. The Morgan fingerprint density at radius 1 is 1.20 bits per heavy atom. The van der Waals surface area contributed by atoms with Crippen molar-refractivity contribution in [3.8, 4) is 5.88 Å². The van der Waals surface area contributed by atoms with Gasteiger partial charge < -0.3 is 19.4 Å². The predicted molar refractivity (Wildman–Crippen MR) is 80.0 cm³/mol. The Bertz CT molecular complexity index is 787. The highest BCUT2D eigenvalue weighted by atomic mass is 19.4. The van der Waals surface area contributed by atoms with Crippen LogP contribution in [0.25, 0.3) is 5.57 Å². The number of pyridine rings is 1. The maximum atomic E-state index is 12.7. The number of halogens is 3. The van der Waals surface area contributed by atoms with Gasteiger partial charge in [-0.05, 0) is 17.2 Å². The molecule has 1 aromatic carbocycles. The Balaban J connectivity index is 2.25. The van der Waals surface area contributed by atoms with Gasteiger partial charge in [0, 0.05) is 11.6 Å². The number of methoxy groups -OCH3 is 1. The van der Waals surface area contributed by atoms with Crippen LogP contribution in [0.4, 0.5) is 13.2 Å². The van der Waals surface area contributed by atoms with Crippen molar-refractivity contribution < 1.29 is 32.5 Å². The molecule has 0 atom stereocenters. The van der Waals surface area contributed by atoms with E-state index in [2.05, 4.69) is 4.98 Å². The molecule has 25 heavy (non-hydrogen) atoms. The van der Waals surface area contributed by atoms with Gasteiger partial charge in [0.2, 0.25) is 5.88 Å². The first-order valence-electron chi connectivity index (χ1n) is 7.02. The van der Waals surface area contributed by atoms with Gasteiger partial charge in [0.15, 0.2) is 0 Å². The number of nitrogens with zero attached hydrogens (tertiary/aromatic N) is 1. The van der Waals surface area contributed by atoms with E-state index in [-0.39, 0.29) is 23.6 Å². The average molecular weight is 352 g/mol. The first-order valence-corrected chi connectivity index (χ1v) is 7.02. The molecule has 0 bridgehead atoms. The molecule has 0 unspecified atom stereocenters. The molecule has 0 aliphatic carbocycles. The first kappa shape index (κ1) is 18.3. The number of rotatable bonds is 6.